The average Bonchev–Trinajstić information content (AvgIpc) is 1.65. The first-order valence-electron chi connectivity index (χ1n) is 42.9. The number of pyridine rings is 3. The summed E-state index contributed by atoms with van der Waals surface area (Å²) in [7, 11) is -2.37. The zero-order chi connectivity index (χ0) is 98.6. The fraction of sp³-hybridized carbons (Fsp3) is 0.260. The highest BCUT2D eigenvalue weighted by molar-refractivity contribution is 7.89. The van der Waals surface area contributed by atoms with Gasteiger partial charge >= 0.3 is 12.4 Å². The van der Waals surface area contributed by atoms with Crippen LogP contribution in [0.1, 0.15) is 171 Å². The first kappa shape index (κ1) is 100. The molecule has 714 valence electrons. The summed E-state index contributed by atoms with van der Waals surface area (Å²) in [6.45, 7) is 6.96. The standard InChI is InChI=1S/C34H29F6N5O2.C34H28F5N3O2.C32H30F6N4O3S/c1-18-9-27-29(10-19(18)2)45(17-43-27)30(16-34(38,39)40)33(47)44-28(13-20-11-22(35)15-23(36)12-20)31-24(5-4-8-42-31)21-6-7-26(37)25(14-21)32(46)41-3;1-20-9-11-23(12-10-20)26-7-5-13-40-32(26)29(16-22-14-24(35)17-25(36)15-22)41-33(44)31(18-34(37,38)39)42-19-28(21(2)43)27-6-3-4-8-30(27)42;33-23-14-20(15-24(34)17-23)13-22(16-25(43)19-42-29(32(37)38)18-28(40-42)31(35)36)30-27(5-4-10-39-30)21-6-8-26(9-7-21)46(44,45)41-11-2-1-3-12-41/h4-12,14-15,17,28,30H,13,16H2,1-3H3,(H,41,46)(H,44,47);3-15,17,19,29,31H,16,18H2,1-2H3,(H,41,44);4-10,14-15,17-18,22,31-32H,1-3,11-13,16,19H2/t28-,30?;29-,31?;22-/m001/s1. The van der Waals surface area contributed by atoms with E-state index in [0.29, 0.717) is 97.7 Å². The highest BCUT2D eigenvalue weighted by Gasteiger charge is 2.41. The molecule has 5 atom stereocenters. The molecule has 15 rings (SSSR count). The van der Waals surface area contributed by atoms with E-state index in [4.69, 9.17) is 0 Å². The predicted molar refractivity (Wildman–Crippen MR) is 477 cm³/mol. The van der Waals surface area contributed by atoms with Gasteiger partial charge in [0.2, 0.25) is 21.8 Å². The number of hydrogen-bond acceptors (Lipinski definition) is 12. The number of para-hydroxylation sites is 1. The number of nitrogens with zero attached hydrogens (tertiary/aromatic N) is 9. The molecule has 1 aliphatic heterocycles. The van der Waals surface area contributed by atoms with Crippen LogP contribution in [0.2, 0.25) is 0 Å². The number of aromatic nitrogens is 8. The normalized spacial score (nSPS) is 13.7. The number of hydrogen-bond donors (Lipinski definition) is 3. The molecule has 137 heavy (non-hydrogen) atoms. The lowest BCUT2D eigenvalue weighted by Crippen LogP contribution is -2.38. The third-order valence-corrected chi connectivity index (χ3v) is 25.0. The van der Waals surface area contributed by atoms with Crippen molar-refractivity contribution < 1.29 is 107 Å². The number of ketones is 2. The number of amides is 3. The van der Waals surface area contributed by atoms with Crippen molar-refractivity contribution in [2.24, 2.45) is 0 Å². The quantitative estimate of drug-likeness (QED) is 0.0281. The van der Waals surface area contributed by atoms with Gasteiger partial charge in [0.25, 0.3) is 18.8 Å². The van der Waals surface area contributed by atoms with Crippen molar-refractivity contribution >= 4 is 61.2 Å². The van der Waals surface area contributed by atoms with Gasteiger partial charge in [-0.1, -0.05) is 90.8 Å². The Hall–Kier alpha value is -14.1. The van der Waals surface area contributed by atoms with Crippen LogP contribution in [0, 0.1) is 61.5 Å². The number of fused-ring (bicyclic) bond motifs is 2. The molecule has 2 unspecified atom stereocenters. The van der Waals surface area contributed by atoms with Crippen LogP contribution in [-0.4, -0.2) is 113 Å². The number of sulfonamides is 1. The smallest absolute Gasteiger partial charge is 0.355 e. The van der Waals surface area contributed by atoms with Gasteiger partial charge in [0.15, 0.2) is 11.6 Å². The molecule has 3 N–H and O–H groups in total. The van der Waals surface area contributed by atoms with Gasteiger partial charge in [0.05, 0.1) is 69.8 Å². The molecular formula is C100H87F17N12O7S. The maximum atomic E-state index is 14.5. The molecule has 8 aromatic carbocycles. The number of rotatable bonds is 30. The molecule has 0 bridgehead atoms. The molecular weight excluding hydrogens is 1840 g/mol. The van der Waals surface area contributed by atoms with Crippen LogP contribution in [-0.2, 0) is 50.2 Å². The molecule has 0 radical (unpaired) electrons. The van der Waals surface area contributed by atoms with Gasteiger partial charge in [-0.2, -0.15) is 35.7 Å². The Kier molecular flexibility index (Phi) is 31.7. The summed E-state index contributed by atoms with van der Waals surface area (Å²) in [6, 6.07) is 40.1. The lowest BCUT2D eigenvalue weighted by Gasteiger charge is -2.26. The summed E-state index contributed by atoms with van der Waals surface area (Å²) >= 11 is 0. The molecule has 0 aliphatic carbocycles. The second kappa shape index (κ2) is 43.3. The Bertz CT molecular complexity index is 6830. The van der Waals surface area contributed by atoms with Crippen molar-refractivity contribution in [3.05, 3.63) is 345 Å². The van der Waals surface area contributed by atoms with Gasteiger partial charge in [-0.15, -0.1) is 0 Å². The molecule has 0 spiro atoms. The van der Waals surface area contributed by atoms with Crippen molar-refractivity contribution in [1.29, 1.82) is 0 Å². The van der Waals surface area contributed by atoms with E-state index in [-0.39, 0.29) is 75.4 Å². The molecule has 0 saturated carbocycles. The van der Waals surface area contributed by atoms with Crippen LogP contribution in [0.25, 0.3) is 55.3 Å². The molecule has 1 saturated heterocycles. The minimum absolute atomic E-state index is 0.0844. The maximum Gasteiger partial charge on any atom is 0.391 e. The summed E-state index contributed by atoms with van der Waals surface area (Å²) in [5.41, 5.74) is 5.97. The lowest BCUT2D eigenvalue weighted by atomic mass is 9.87. The molecule has 1 fully saturated rings. The number of imidazole rings is 1. The highest BCUT2D eigenvalue weighted by atomic mass is 32.2. The van der Waals surface area contributed by atoms with Gasteiger partial charge in [-0.3, -0.25) is 43.6 Å². The van der Waals surface area contributed by atoms with E-state index in [0.717, 1.165) is 93.1 Å². The van der Waals surface area contributed by atoms with Crippen molar-refractivity contribution in [2.45, 2.75) is 152 Å². The number of benzene rings is 8. The summed E-state index contributed by atoms with van der Waals surface area (Å²) in [5, 5.41) is 11.6. The topological polar surface area (TPSA) is 238 Å². The van der Waals surface area contributed by atoms with Crippen molar-refractivity contribution in [3.8, 4) is 33.4 Å². The number of piperidine rings is 1. The van der Waals surface area contributed by atoms with Gasteiger partial charge in [-0.25, -0.2) is 61.7 Å². The van der Waals surface area contributed by atoms with E-state index in [1.165, 1.54) is 79.7 Å². The van der Waals surface area contributed by atoms with E-state index in [2.05, 4.69) is 41.0 Å². The van der Waals surface area contributed by atoms with Crippen molar-refractivity contribution in [1.82, 2.24) is 59.1 Å². The fourth-order valence-electron chi connectivity index (χ4n) is 16.6. The molecule has 6 aromatic heterocycles. The van der Waals surface area contributed by atoms with Crippen LogP contribution in [0.3, 0.4) is 0 Å². The van der Waals surface area contributed by atoms with Crippen molar-refractivity contribution in [3.63, 3.8) is 0 Å². The minimum atomic E-state index is -4.76. The molecule has 19 nitrogen and oxygen atoms in total. The van der Waals surface area contributed by atoms with Gasteiger partial charge in [0, 0.05) is 109 Å². The Balaban J connectivity index is 0.000000174. The first-order valence-corrected chi connectivity index (χ1v) is 44.3. The Morgan fingerprint density at radius 1 is 0.482 bits per heavy atom. The Labute approximate surface area is 774 Å². The lowest BCUT2D eigenvalue weighted by molar-refractivity contribution is -0.152. The highest BCUT2D eigenvalue weighted by Crippen LogP contribution is 2.41. The maximum absolute atomic E-state index is 14.5. The van der Waals surface area contributed by atoms with Crippen molar-refractivity contribution in [2.75, 3.05) is 20.1 Å². The largest absolute Gasteiger partial charge is 0.391 e. The third kappa shape index (κ3) is 25.2. The predicted octanol–water partition coefficient (Wildman–Crippen LogP) is 22.4. The first-order chi connectivity index (χ1) is 65.0. The van der Waals surface area contributed by atoms with Crippen LogP contribution < -0.4 is 16.0 Å². The number of alkyl halides is 10. The van der Waals surface area contributed by atoms with Gasteiger partial charge in [0.1, 0.15) is 70.7 Å². The van der Waals surface area contributed by atoms with E-state index >= 15 is 0 Å². The minimum Gasteiger partial charge on any atom is -0.355 e. The van der Waals surface area contributed by atoms with E-state index < -0.39 is 160 Å². The summed E-state index contributed by atoms with van der Waals surface area (Å²) in [5.74, 6) is -10.6. The van der Waals surface area contributed by atoms with Gasteiger partial charge < -0.3 is 25.1 Å². The number of nitrogens with one attached hydrogen (secondary N) is 3. The van der Waals surface area contributed by atoms with E-state index in [9.17, 15) is 107 Å². The second-order valence-electron chi connectivity index (χ2n) is 33.0. The number of carbonyl (C=O) groups is 5. The SMILES string of the molecule is CC(=O)c1cn(C(CC(F)(F)F)C(=O)N[C@@H](Cc2cc(F)cc(F)c2)c2ncccc2-c2ccc(C)cc2)c2ccccc12.CNC(=O)c1cc(-c2cccnc2[C@H](Cc2cc(F)cc(F)c2)NC(=O)C(CC(F)(F)F)n2cnc3cc(C)c(C)cc32)ccc1F.O=C(C[C@@H](Cc1cc(F)cc(F)c1)c1ncccc1-c1ccc(S(=O)(=O)N2CCCCC2)cc1)Cn1nc(C(F)F)cc1C(F)F. The fourth-order valence-corrected chi connectivity index (χ4v) is 18.1. The molecule has 14 aromatic rings. The summed E-state index contributed by atoms with van der Waals surface area (Å²) in [4.78, 5) is 83.6. The zero-order valence-electron chi connectivity index (χ0n) is 73.7. The Morgan fingerprint density at radius 2 is 0.956 bits per heavy atom. The van der Waals surface area contributed by atoms with Crippen LogP contribution in [0.4, 0.5) is 74.6 Å². The van der Waals surface area contributed by atoms with Crippen LogP contribution in [0.5, 0.6) is 0 Å². The molecule has 1 aliphatic rings. The van der Waals surface area contributed by atoms with E-state index in [1.807, 2.05) is 38.1 Å². The molecule has 37 heteroatoms. The van der Waals surface area contributed by atoms with Crippen LogP contribution >= 0.6 is 0 Å². The molecule has 3 amide bonds. The number of halogens is 17. The monoisotopic (exact) mass is 1920 g/mol. The zero-order valence-corrected chi connectivity index (χ0v) is 74.5. The number of aryl methyl sites for hydroxylation is 3. The van der Waals surface area contributed by atoms with Crippen LogP contribution in [0.15, 0.2) is 236 Å². The second-order valence-corrected chi connectivity index (χ2v) is 34.9. The average molecular weight is 1920 g/mol. The third-order valence-electron chi connectivity index (χ3n) is 23.1. The van der Waals surface area contributed by atoms with Gasteiger partial charge in [-0.05, 0) is 207 Å². The molecule has 7 heterocycles. The number of Topliss-reactive ketones (excluding diaryl/α,β-unsaturated/α-hetero) is 2. The van der Waals surface area contributed by atoms with E-state index in [1.54, 1.807) is 85.8 Å². The summed E-state index contributed by atoms with van der Waals surface area (Å²) < 4.78 is 268. The number of carbonyl (C=O) groups excluding carboxylic acids is 5. The summed E-state index contributed by atoms with van der Waals surface area (Å²) in [6.07, 6.45) is -10.5. The Morgan fingerprint density at radius 3 is 1.46 bits per heavy atom.